The summed E-state index contributed by atoms with van der Waals surface area (Å²) in [5.41, 5.74) is 0.244. The van der Waals surface area contributed by atoms with Crippen LogP contribution in [0.2, 0.25) is 0 Å². The van der Waals surface area contributed by atoms with Crippen molar-refractivity contribution in [1.82, 2.24) is 0 Å². The zero-order chi connectivity index (χ0) is 17.0. The van der Waals surface area contributed by atoms with Gasteiger partial charge in [-0.3, -0.25) is 4.72 Å². The van der Waals surface area contributed by atoms with E-state index in [1.54, 1.807) is 18.2 Å². The lowest BCUT2D eigenvalue weighted by atomic mass is 10.2. The Balaban J connectivity index is 2.48. The summed E-state index contributed by atoms with van der Waals surface area (Å²) in [5.74, 6) is -0.444. The zero-order valence-electron chi connectivity index (χ0n) is 12.4. The van der Waals surface area contributed by atoms with Gasteiger partial charge in [0, 0.05) is 4.47 Å². The lowest BCUT2D eigenvalue weighted by molar-refractivity contribution is 0.0602. The molecule has 0 aromatic heterocycles. The van der Waals surface area contributed by atoms with E-state index in [9.17, 15) is 13.2 Å². The van der Waals surface area contributed by atoms with E-state index < -0.39 is 16.0 Å². The number of methoxy groups -OCH3 is 2. The lowest BCUT2D eigenvalue weighted by Crippen LogP contribution is -2.17. The summed E-state index contributed by atoms with van der Waals surface area (Å²) >= 11 is 3.23. The summed E-state index contributed by atoms with van der Waals surface area (Å²) in [6.07, 6.45) is 0. The van der Waals surface area contributed by atoms with Crippen LogP contribution in [0.15, 0.2) is 51.8 Å². The number of carbonyl (C=O) groups is 1. The summed E-state index contributed by atoms with van der Waals surface area (Å²) in [4.78, 5) is 11.7. The second kappa shape index (κ2) is 7.01. The largest absolute Gasteiger partial charge is 0.495 e. The fraction of sp³-hybridized carbons (Fsp3) is 0.133. The second-order valence-corrected chi connectivity index (χ2v) is 7.00. The molecule has 0 unspecified atom stereocenters. The number of hydrogen-bond acceptors (Lipinski definition) is 5. The van der Waals surface area contributed by atoms with E-state index in [1.807, 2.05) is 0 Å². The molecule has 8 heteroatoms. The summed E-state index contributed by atoms with van der Waals surface area (Å²) in [5, 5.41) is 0. The minimum Gasteiger partial charge on any atom is -0.495 e. The standard InChI is InChI=1S/C15H14BrNO5S/c1-21-13-8-7-10(16)9-14(13)23(19,20)17-12-6-4-3-5-11(12)15(18)22-2/h3-9,17H,1-2H3. The third-order valence-electron chi connectivity index (χ3n) is 2.99. The van der Waals surface area contributed by atoms with Crippen LogP contribution in [0.4, 0.5) is 5.69 Å². The Morgan fingerprint density at radius 2 is 1.83 bits per heavy atom. The molecule has 0 atom stereocenters. The first-order valence-corrected chi connectivity index (χ1v) is 8.70. The molecular formula is C15H14BrNO5S. The minimum absolute atomic E-state index is 0.0472. The third kappa shape index (κ3) is 3.83. The molecule has 0 saturated carbocycles. The molecule has 0 aliphatic carbocycles. The number of para-hydroxylation sites is 1. The molecule has 2 rings (SSSR count). The number of sulfonamides is 1. The molecule has 23 heavy (non-hydrogen) atoms. The van der Waals surface area contributed by atoms with Gasteiger partial charge in [-0.1, -0.05) is 28.1 Å². The monoisotopic (exact) mass is 399 g/mol. The van der Waals surface area contributed by atoms with Gasteiger partial charge in [0.25, 0.3) is 10.0 Å². The number of anilines is 1. The first kappa shape index (κ1) is 17.3. The number of esters is 1. The molecule has 6 nitrogen and oxygen atoms in total. The molecule has 0 heterocycles. The molecular weight excluding hydrogens is 386 g/mol. The van der Waals surface area contributed by atoms with Crippen molar-refractivity contribution in [2.24, 2.45) is 0 Å². The van der Waals surface area contributed by atoms with Crippen molar-refractivity contribution >= 4 is 37.6 Å². The van der Waals surface area contributed by atoms with Gasteiger partial charge in [0.15, 0.2) is 0 Å². The van der Waals surface area contributed by atoms with Gasteiger partial charge in [0.05, 0.1) is 25.5 Å². The van der Waals surface area contributed by atoms with Crippen molar-refractivity contribution in [2.75, 3.05) is 18.9 Å². The first-order valence-electron chi connectivity index (χ1n) is 6.42. The highest BCUT2D eigenvalue weighted by molar-refractivity contribution is 9.10. The van der Waals surface area contributed by atoms with E-state index in [1.165, 1.54) is 38.5 Å². The Morgan fingerprint density at radius 1 is 1.13 bits per heavy atom. The van der Waals surface area contributed by atoms with E-state index in [0.717, 1.165) is 0 Å². The van der Waals surface area contributed by atoms with Crippen molar-refractivity contribution in [3.8, 4) is 5.75 Å². The molecule has 0 spiro atoms. The Morgan fingerprint density at radius 3 is 2.48 bits per heavy atom. The highest BCUT2D eigenvalue weighted by atomic mass is 79.9. The molecule has 0 radical (unpaired) electrons. The van der Waals surface area contributed by atoms with Crippen molar-refractivity contribution in [3.05, 3.63) is 52.5 Å². The van der Waals surface area contributed by atoms with Gasteiger partial charge in [0.1, 0.15) is 10.6 Å². The number of ether oxygens (including phenoxy) is 2. The van der Waals surface area contributed by atoms with Crippen LogP contribution in [0.3, 0.4) is 0 Å². The number of hydrogen-bond donors (Lipinski definition) is 1. The molecule has 0 aliphatic rings. The molecule has 0 fully saturated rings. The van der Waals surface area contributed by atoms with Gasteiger partial charge >= 0.3 is 5.97 Å². The Hall–Kier alpha value is -2.06. The predicted octanol–water partition coefficient (Wildman–Crippen LogP) is 3.05. The van der Waals surface area contributed by atoms with Crippen LogP contribution < -0.4 is 9.46 Å². The number of nitrogens with one attached hydrogen (secondary N) is 1. The molecule has 0 bridgehead atoms. The summed E-state index contributed by atoms with van der Waals surface area (Å²) in [7, 11) is -1.35. The van der Waals surface area contributed by atoms with Crippen molar-refractivity contribution < 1.29 is 22.7 Å². The molecule has 1 N–H and O–H groups in total. The maximum Gasteiger partial charge on any atom is 0.339 e. The molecule has 0 saturated heterocycles. The van der Waals surface area contributed by atoms with E-state index in [-0.39, 0.29) is 21.9 Å². The van der Waals surface area contributed by atoms with Crippen molar-refractivity contribution in [2.45, 2.75) is 4.90 Å². The smallest absolute Gasteiger partial charge is 0.339 e. The normalized spacial score (nSPS) is 10.9. The van der Waals surface area contributed by atoms with Gasteiger partial charge in [-0.25, -0.2) is 13.2 Å². The number of carbonyl (C=O) groups excluding carboxylic acids is 1. The van der Waals surface area contributed by atoms with Crippen LogP contribution in [0.25, 0.3) is 0 Å². The van der Waals surface area contributed by atoms with Crippen LogP contribution in [0.5, 0.6) is 5.75 Å². The molecule has 122 valence electrons. The predicted molar refractivity (Wildman–Crippen MR) is 89.3 cm³/mol. The molecule has 0 aliphatic heterocycles. The average molecular weight is 400 g/mol. The fourth-order valence-electron chi connectivity index (χ4n) is 1.92. The molecule has 2 aromatic rings. The van der Waals surface area contributed by atoms with Gasteiger partial charge in [-0.2, -0.15) is 0 Å². The Labute approximate surface area is 142 Å². The quantitative estimate of drug-likeness (QED) is 0.781. The molecule has 2 aromatic carbocycles. The number of benzene rings is 2. The van der Waals surface area contributed by atoms with Crippen LogP contribution in [-0.2, 0) is 14.8 Å². The summed E-state index contributed by atoms with van der Waals surface area (Å²) in [6.45, 7) is 0. The Bertz CT molecular complexity index is 836. The maximum atomic E-state index is 12.6. The minimum atomic E-state index is -3.96. The van der Waals surface area contributed by atoms with Crippen molar-refractivity contribution in [1.29, 1.82) is 0 Å². The second-order valence-electron chi connectivity index (χ2n) is 4.44. The van der Waals surface area contributed by atoms with Gasteiger partial charge < -0.3 is 9.47 Å². The summed E-state index contributed by atoms with van der Waals surface area (Å²) < 4.78 is 38.0. The van der Waals surface area contributed by atoms with Gasteiger partial charge in [-0.05, 0) is 30.3 Å². The Kier molecular flexibility index (Phi) is 5.27. The van der Waals surface area contributed by atoms with Crippen LogP contribution >= 0.6 is 15.9 Å². The first-order chi connectivity index (χ1) is 10.9. The van der Waals surface area contributed by atoms with E-state index in [0.29, 0.717) is 4.47 Å². The highest BCUT2D eigenvalue weighted by Gasteiger charge is 2.22. The van der Waals surface area contributed by atoms with E-state index in [2.05, 4.69) is 25.4 Å². The van der Waals surface area contributed by atoms with Crippen molar-refractivity contribution in [3.63, 3.8) is 0 Å². The van der Waals surface area contributed by atoms with Crippen LogP contribution in [0.1, 0.15) is 10.4 Å². The SMILES string of the molecule is COC(=O)c1ccccc1NS(=O)(=O)c1cc(Br)ccc1OC. The molecule has 0 amide bonds. The average Bonchev–Trinajstić information content (AvgIpc) is 2.54. The number of rotatable bonds is 5. The van der Waals surface area contributed by atoms with Gasteiger partial charge in [-0.15, -0.1) is 0 Å². The van der Waals surface area contributed by atoms with Gasteiger partial charge in [0.2, 0.25) is 0 Å². The highest BCUT2D eigenvalue weighted by Crippen LogP contribution is 2.29. The fourth-order valence-corrected chi connectivity index (χ4v) is 3.71. The van der Waals surface area contributed by atoms with Crippen LogP contribution in [-0.4, -0.2) is 28.6 Å². The van der Waals surface area contributed by atoms with E-state index in [4.69, 9.17) is 4.74 Å². The maximum absolute atomic E-state index is 12.6. The van der Waals surface area contributed by atoms with E-state index >= 15 is 0 Å². The number of halogens is 1. The lowest BCUT2D eigenvalue weighted by Gasteiger charge is -2.14. The summed E-state index contributed by atoms with van der Waals surface area (Å²) in [6, 6.07) is 10.8. The third-order valence-corrected chi connectivity index (χ3v) is 4.87. The zero-order valence-corrected chi connectivity index (χ0v) is 14.8. The van der Waals surface area contributed by atoms with Crippen LogP contribution in [0, 0.1) is 0 Å². The topological polar surface area (TPSA) is 81.7 Å².